The van der Waals surface area contributed by atoms with E-state index in [1.165, 1.54) is 205 Å². The highest BCUT2D eigenvalue weighted by molar-refractivity contribution is 5.76. The van der Waals surface area contributed by atoms with Crippen LogP contribution in [0.1, 0.15) is 309 Å². The van der Waals surface area contributed by atoms with Crippen LogP contribution in [0.2, 0.25) is 0 Å². The molecule has 17 unspecified atom stereocenters. The van der Waals surface area contributed by atoms with E-state index in [1.54, 1.807) is 6.08 Å². The van der Waals surface area contributed by atoms with Gasteiger partial charge in [0.1, 0.15) is 73.2 Å². The second kappa shape index (κ2) is 62.3. The third-order valence-electron chi connectivity index (χ3n) is 20.0. The fourth-order valence-corrected chi connectivity index (χ4v) is 13.5. The Morgan fingerprint density at radius 1 is 0.366 bits per heavy atom. The van der Waals surface area contributed by atoms with Crippen LogP contribution in [0.3, 0.4) is 0 Å². The van der Waals surface area contributed by atoms with Gasteiger partial charge in [-0.3, -0.25) is 4.79 Å². The van der Waals surface area contributed by atoms with E-state index in [0.717, 1.165) is 77.0 Å². The molecule has 0 saturated carbocycles. The van der Waals surface area contributed by atoms with Gasteiger partial charge in [0, 0.05) is 6.42 Å². The highest BCUT2D eigenvalue weighted by atomic mass is 16.8. The molecule has 0 spiro atoms. The van der Waals surface area contributed by atoms with Gasteiger partial charge in [0.25, 0.3) is 0 Å². The zero-order valence-corrected chi connectivity index (χ0v) is 62.9. The molecule has 3 saturated heterocycles. The molecule has 0 aliphatic carbocycles. The number of hydrogen-bond donors (Lipinski definition) is 12. The summed E-state index contributed by atoms with van der Waals surface area (Å²) in [5.41, 5.74) is 0. The minimum Gasteiger partial charge on any atom is -0.394 e. The summed E-state index contributed by atoms with van der Waals surface area (Å²) in [6.45, 7) is 1.65. The number of nitrogens with one attached hydrogen (secondary N) is 1. The van der Waals surface area contributed by atoms with Gasteiger partial charge in [0.05, 0.1) is 38.6 Å². The molecule has 0 aromatic carbocycles. The maximum Gasteiger partial charge on any atom is 0.220 e. The van der Waals surface area contributed by atoms with Crippen molar-refractivity contribution in [2.45, 2.75) is 413 Å². The van der Waals surface area contributed by atoms with Crippen molar-refractivity contribution >= 4 is 5.91 Å². The lowest BCUT2D eigenvalue weighted by Crippen LogP contribution is -2.66. The Kier molecular flexibility index (Phi) is 57.0. The first-order chi connectivity index (χ1) is 49.3. The number of amides is 1. The van der Waals surface area contributed by atoms with Gasteiger partial charge >= 0.3 is 0 Å². The summed E-state index contributed by atoms with van der Waals surface area (Å²) in [6.07, 6.45) is 54.6. The van der Waals surface area contributed by atoms with E-state index in [-0.39, 0.29) is 18.9 Å². The quantitative estimate of drug-likeness (QED) is 0.0199. The molecule has 3 rings (SSSR count). The summed E-state index contributed by atoms with van der Waals surface area (Å²) in [6, 6.07) is -0.975. The molecule has 0 aromatic heterocycles. The molecule has 0 radical (unpaired) electrons. The van der Waals surface area contributed by atoms with Gasteiger partial charge in [-0.2, -0.15) is 0 Å². The molecule has 588 valence electrons. The molecular formula is C82H147NO18. The monoisotopic (exact) mass is 1430 g/mol. The maximum atomic E-state index is 13.5. The van der Waals surface area contributed by atoms with Crippen LogP contribution in [-0.2, 0) is 33.2 Å². The Hall–Kier alpha value is -2.77. The summed E-state index contributed by atoms with van der Waals surface area (Å²) >= 11 is 0. The predicted octanol–water partition coefficient (Wildman–Crippen LogP) is 13.6. The van der Waals surface area contributed by atoms with Crippen LogP contribution in [0.25, 0.3) is 0 Å². The van der Waals surface area contributed by atoms with Crippen LogP contribution in [0.4, 0.5) is 0 Å². The fourth-order valence-electron chi connectivity index (χ4n) is 13.5. The van der Waals surface area contributed by atoms with E-state index in [1.807, 2.05) is 6.08 Å². The van der Waals surface area contributed by atoms with E-state index in [2.05, 4.69) is 79.9 Å². The first-order valence-corrected chi connectivity index (χ1v) is 40.7. The normalized spacial score (nSPS) is 26.7. The maximum absolute atomic E-state index is 13.5. The van der Waals surface area contributed by atoms with Gasteiger partial charge in [-0.05, 0) is 64.2 Å². The lowest BCUT2D eigenvalue weighted by Gasteiger charge is -2.48. The van der Waals surface area contributed by atoms with Gasteiger partial charge in [-0.15, -0.1) is 0 Å². The Bertz CT molecular complexity index is 2110. The SMILES string of the molecule is CC/C=C\C/C=C\C/C=C\C/C=C\C/C=C\CCCCCCCCCCCCCCCCCCCCCCCC(=O)NC(COC1OC(CO)C(OC2OC(CO)C(OC3OC(CO)C(O)C(O)C3O)C(O)C2O)C(O)C1O)C(O)/C=C/CCCCCCCCCCCCCCCCCCC. The number of aliphatic hydroxyl groups is 11. The lowest BCUT2D eigenvalue weighted by molar-refractivity contribution is -0.379. The van der Waals surface area contributed by atoms with Crippen molar-refractivity contribution in [1.82, 2.24) is 5.32 Å². The van der Waals surface area contributed by atoms with Crippen molar-refractivity contribution in [3.05, 3.63) is 72.9 Å². The smallest absolute Gasteiger partial charge is 0.220 e. The van der Waals surface area contributed by atoms with Gasteiger partial charge in [0.15, 0.2) is 18.9 Å². The fraction of sp³-hybridized carbons (Fsp3) is 0.841. The molecule has 19 heteroatoms. The van der Waals surface area contributed by atoms with Crippen molar-refractivity contribution in [3.8, 4) is 0 Å². The molecule has 17 atom stereocenters. The highest BCUT2D eigenvalue weighted by Gasteiger charge is 2.54. The second-order valence-corrected chi connectivity index (χ2v) is 28.9. The molecule has 0 aromatic rings. The third-order valence-corrected chi connectivity index (χ3v) is 20.0. The molecule has 0 bridgehead atoms. The molecule has 3 heterocycles. The number of allylic oxidation sites excluding steroid dienone is 11. The minimum atomic E-state index is -1.98. The number of carbonyl (C=O) groups excluding carboxylic acids is 1. The summed E-state index contributed by atoms with van der Waals surface area (Å²) in [4.78, 5) is 13.5. The number of carbonyl (C=O) groups is 1. The lowest BCUT2D eigenvalue weighted by atomic mass is 9.96. The zero-order chi connectivity index (χ0) is 73.2. The van der Waals surface area contributed by atoms with Crippen molar-refractivity contribution in [1.29, 1.82) is 0 Å². The Morgan fingerprint density at radius 2 is 0.683 bits per heavy atom. The second-order valence-electron chi connectivity index (χ2n) is 28.9. The molecule has 3 aliphatic rings. The van der Waals surface area contributed by atoms with E-state index >= 15 is 0 Å². The van der Waals surface area contributed by atoms with Crippen LogP contribution in [0.5, 0.6) is 0 Å². The largest absolute Gasteiger partial charge is 0.394 e. The van der Waals surface area contributed by atoms with Crippen LogP contribution in [0, 0.1) is 0 Å². The molecular weight excluding hydrogens is 1290 g/mol. The van der Waals surface area contributed by atoms with Crippen LogP contribution < -0.4 is 5.32 Å². The van der Waals surface area contributed by atoms with E-state index in [9.17, 15) is 61.0 Å². The molecule has 12 N–H and O–H groups in total. The molecule has 1 amide bonds. The Labute approximate surface area is 610 Å². The highest BCUT2D eigenvalue weighted by Crippen LogP contribution is 2.33. The number of aliphatic hydroxyl groups excluding tert-OH is 11. The molecule has 3 fully saturated rings. The topological polar surface area (TPSA) is 307 Å². The van der Waals surface area contributed by atoms with E-state index in [4.69, 9.17) is 28.4 Å². The zero-order valence-electron chi connectivity index (χ0n) is 62.9. The van der Waals surface area contributed by atoms with Gasteiger partial charge in [-0.25, -0.2) is 0 Å². The first kappa shape index (κ1) is 92.4. The predicted molar refractivity (Wildman–Crippen MR) is 401 cm³/mol. The van der Waals surface area contributed by atoms with Gasteiger partial charge in [-0.1, -0.05) is 311 Å². The summed E-state index contributed by atoms with van der Waals surface area (Å²) in [7, 11) is 0. The number of rotatable bonds is 64. The summed E-state index contributed by atoms with van der Waals surface area (Å²) < 4.78 is 34.4. The average Bonchev–Trinajstić information content (AvgIpc) is 0.789. The summed E-state index contributed by atoms with van der Waals surface area (Å²) in [5, 5.41) is 121. The molecule has 19 nitrogen and oxygen atoms in total. The van der Waals surface area contributed by atoms with Crippen LogP contribution >= 0.6 is 0 Å². The molecule has 101 heavy (non-hydrogen) atoms. The minimum absolute atomic E-state index is 0.245. The standard InChI is InChI=1S/C82H147NO18/c1-3-5-7-9-11-13-15-17-19-21-23-24-25-26-27-28-29-30-31-32-33-34-35-36-37-38-39-40-42-44-46-48-50-52-54-56-58-60-70(88)83-65(66(87)59-57-55-53-51-49-47-45-43-41-22-20-18-16-14-12-10-8-6-4-2)64-96-80-76(94)73(91)78(68(62-85)98-80)101-82-77(95)74(92)79(69(63-86)99-82)100-81-75(93)72(90)71(89)67(61-84)97-81/h5,7,11,13,17,19,23-24,26-27,57,59,65-69,71-82,84-87,89-95H,3-4,6,8-10,12,14-16,18,20-22,25,28-56,58,60-64H2,1-2H3,(H,83,88)/b7-5-,13-11-,19-17-,24-23-,27-26-,59-57+. The third kappa shape index (κ3) is 42.4. The van der Waals surface area contributed by atoms with Crippen molar-refractivity contribution < 1.29 is 89.4 Å². The van der Waals surface area contributed by atoms with Crippen LogP contribution in [-0.4, -0.2) is 193 Å². The van der Waals surface area contributed by atoms with Crippen molar-refractivity contribution in [2.75, 3.05) is 26.4 Å². The van der Waals surface area contributed by atoms with Gasteiger partial charge < -0.3 is 89.9 Å². The number of hydrogen-bond acceptors (Lipinski definition) is 18. The average molecular weight is 1440 g/mol. The Balaban J connectivity index is 1.33. The van der Waals surface area contributed by atoms with Crippen molar-refractivity contribution in [3.63, 3.8) is 0 Å². The Morgan fingerprint density at radius 3 is 1.07 bits per heavy atom. The van der Waals surface area contributed by atoms with Crippen molar-refractivity contribution in [2.24, 2.45) is 0 Å². The van der Waals surface area contributed by atoms with Gasteiger partial charge in [0.2, 0.25) is 5.91 Å². The molecule has 3 aliphatic heterocycles. The summed E-state index contributed by atoms with van der Waals surface area (Å²) in [5.74, 6) is -0.271. The van der Waals surface area contributed by atoms with Crippen LogP contribution in [0.15, 0.2) is 72.9 Å². The number of unbranched alkanes of at least 4 members (excludes halogenated alkanes) is 38. The number of ether oxygens (including phenoxy) is 6. The van der Waals surface area contributed by atoms with E-state index in [0.29, 0.717) is 6.42 Å². The van der Waals surface area contributed by atoms with E-state index < -0.39 is 124 Å². The first-order valence-electron chi connectivity index (χ1n) is 40.7.